The lowest BCUT2D eigenvalue weighted by atomic mass is 9.72. The fourth-order valence-electron chi connectivity index (χ4n) is 4.65. The van der Waals surface area contributed by atoms with Crippen LogP contribution in [0.15, 0.2) is 0 Å². The van der Waals surface area contributed by atoms with Crippen molar-refractivity contribution in [1.29, 1.82) is 0 Å². The van der Waals surface area contributed by atoms with E-state index >= 15 is 0 Å². The Hall–Kier alpha value is -0.0400. The predicted molar refractivity (Wildman–Crippen MR) is 125 cm³/mol. The van der Waals surface area contributed by atoms with Gasteiger partial charge in [-0.3, -0.25) is 0 Å². The molecule has 0 aromatic rings. The maximum atomic E-state index is 7.24. The number of rotatable bonds is 21. The maximum absolute atomic E-state index is 7.24. The minimum absolute atomic E-state index is 0.111. The Kier molecular flexibility index (Phi) is 19.3. The molecule has 0 radical (unpaired) electrons. The monoisotopic (exact) mass is 381 g/mol. The zero-order valence-corrected chi connectivity index (χ0v) is 19.8. The van der Waals surface area contributed by atoms with E-state index in [2.05, 4.69) is 27.7 Å². The van der Waals surface area contributed by atoms with E-state index in [4.69, 9.17) is 5.73 Å². The van der Waals surface area contributed by atoms with Crippen LogP contribution >= 0.6 is 0 Å². The third kappa shape index (κ3) is 14.6. The second kappa shape index (κ2) is 19.3. The first-order chi connectivity index (χ1) is 13.1. The van der Waals surface area contributed by atoms with Gasteiger partial charge >= 0.3 is 0 Å². The van der Waals surface area contributed by atoms with Crippen molar-refractivity contribution in [2.45, 2.75) is 162 Å². The van der Waals surface area contributed by atoms with Gasteiger partial charge in [0, 0.05) is 5.54 Å². The van der Waals surface area contributed by atoms with Gasteiger partial charge in [-0.25, -0.2) is 0 Å². The fraction of sp³-hybridized carbons (Fsp3) is 1.00. The zero-order valence-electron chi connectivity index (χ0n) is 19.8. The van der Waals surface area contributed by atoms with Crippen LogP contribution in [0.4, 0.5) is 0 Å². The molecule has 0 saturated carbocycles. The van der Waals surface area contributed by atoms with E-state index in [1.807, 2.05) is 0 Å². The molecule has 0 unspecified atom stereocenters. The van der Waals surface area contributed by atoms with E-state index < -0.39 is 0 Å². The molecule has 0 heterocycles. The summed E-state index contributed by atoms with van der Waals surface area (Å²) in [5.74, 6) is 0.759. The number of unbranched alkanes of at least 4 members (excludes halogenated alkanes) is 12. The third-order valence-electron chi connectivity index (χ3n) is 6.62. The number of hydrogen-bond donors (Lipinski definition) is 1. The standard InChI is InChI=1S/C26H55N/c1-5-9-13-17-21-25(22-18-14-10-6-2)26(27,23-19-15-11-7-3)24-20-16-12-8-4/h25H,5-24,27H2,1-4H3. The van der Waals surface area contributed by atoms with Gasteiger partial charge in [0.25, 0.3) is 0 Å². The second-order valence-corrected chi connectivity index (χ2v) is 9.25. The summed E-state index contributed by atoms with van der Waals surface area (Å²) in [4.78, 5) is 0. The molecule has 27 heavy (non-hydrogen) atoms. The van der Waals surface area contributed by atoms with Crippen molar-refractivity contribution in [3.63, 3.8) is 0 Å². The van der Waals surface area contributed by atoms with Crippen LogP contribution in [0, 0.1) is 5.92 Å². The van der Waals surface area contributed by atoms with Crippen LogP contribution in [0.5, 0.6) is 0 Å². The highest BCUT2D eigenvalue weighted by molar-refractivity contribution is 4.91. The highest BCUT2D eigenvalue weighted by atomic mass is 14.8. The van der Waals surface area contributed by atoms with E-state index in [0.717, 1.165) is 5.92 Å². The first kappa shape index (κ1) is 27.0. The van der Waals surface area contributed by atoms with Gasteiger partial charge < -0.3 is 5.73 Å². The Morgan fingerprint density at radius 2 is 0.815 bits per heavy atom. The smallest absolute Gasteiger partial charge is 0.0182 e. The Morgan fingerprint density at radius 1 is 0.481 bits per heavy atom. The fourth-order valence-corrected chi connectivity index (χ4v) is 4.65. The molecule has 0 aromatic heterocycles. The van der Waals surface area contributed by atoms with E-state index in [-0.39, 0.29) is 5.54 Å². The second-order valence-electron chi connectivity index (χ2n) is 9.25. The topological polar surface area (TPSA) is 26.0 Å². The lowest BCUT2D eigenvalue weighted by Gasteiger charge is -2.39. The molecule has 1 heteroatoms. The van der Waals surface area contributed by atoms with E-state index in [1.165, 1.54) is 128 Å². The Morgan fingerprint density at radius 3 is 1.15 bits per heavy atom. The molecule has 0 spiro atoms. The summed E-state index contributed by atoms with van der Waals surface area (Å²) in [5.41, 5.74) is 7.35. The number of nitrogens with two attached hydrogens (primary N) is 1. The van der Waals surface area contributed by atoms with Crippen molar-refractivity contribution in [2.24, 2.45) is 11.7 Å². The minimum atomic E-state index is 0.111. The highest BCUT2D eigenvalue weighted by Gasteiger charge is 2.33. The minimum Gasteiger partial charge on any atom is -0.325 e. The summed E-state index contributed by atoms with van der Waals surface area (Å²) in [6.07, 6.45) is 27.2. The quantitative estimate of drug-likeness (QED) is 0.197. The molecular formula is C26H55N. The summed E-state index contributed by atoms with van der Waals surface area (Å²) in [7, 11) is 0. The van der Waals surface area contributed by atoms with Gasteiger partial charge in [-0.05, 0) is 31.6 Å². The molecular weight excluding hydrogens is 326 g/mol. The maximum Gasteiger partial charge on any atom is 0.0182 e. The van der Waals surface area contributed by atoms with Crippen LogP contribution in [0.25, 0.3) is 0 Å². The first-order valence-corrected chi connectivity index (χ1v) is 12.9. The van der Waals surface area contributed by atoms with E-state index in [1.54, 1.807) is 0 Å². The van der Waals surface area contributed by atoms with Crippen LogP contribution in [0.3, 0.4) is 0 Å². The largest absolute Gasteiger partial charge is 0.325 e. The summed E-state index contributed by atoms with van der Waals surface area (Å²) in [6.45, 7) is 9.25. The van der Waals surface area contributed by atoms with Crippen LogP contribution in [-0.2, 0) is 0 Å². The Labute approximate surface area is 173 Å². The van der Waals surface area contributed by atoms with E-state index in [9.17, 15) is 0 Å². The molecule has 0 bridgehead atoms. The highest BCUT2D eigenvalue weighted by Crippen LogP contribution is 2.35. The molecule has 0 rings (SSSR count). The summed E-state index contributed by atoms with van der Waals surface area (Å²) in [5, 5.41) is 0. The molecule has 0 aromatic carbocycles. The van der Waals surface area contributed by atoms with Gasteiger partial charge in [-0.2, -0.15) is 0 Å². The summed E-state index contributed by atoms with van der Waals surface area (Å²) >= 11 is 0. The Balaban J connectivity index is 4.81. The molecule has 0 saturated heterocycles. The lowest BCUT2D eigenvalue weighted by molar-refractivity contribution is 0.190. The van der Waals surface area contributed by atoms with Gasteiger partial charge in [-0.15, -0.1) is 0 Å². The molecule has 2 N–H and O–H groups in total. The van der Waals surface area contributed by atoms with Gasteiger partial charge in [0.2, 0.25) is 0 Å². The van der Waals surface area contributed by atoms with Crippen LogP contribution in [0.2, 0.25) is 0 Å². The molecule has 0 aliphatic rings. The van der Waals surface area contributed by atoms with Crippen LogP contribution < -0.4 is 5.73 Å². The molecule has 0 amide bonds. The third-order valence-corrected chi connectivity index (χ3v) is 6.62. The van der Waals surface area contributed by atoms with Crippen LogP contribution in [0.1, 0.15) is 156 Å². The summed E-state index contributed by atoms with van der Waals surface area (Å²) < 4.78 is 0. The van der Waals surface area contributed by atoms with Gasteiger partial charge in [0.1, 0.15) is 0 Å². The van der Waals surface area contributed by atoms with Crippen molar-refractivity contribution in [3.8, 4) is 0 Å². The molecule has 1 nitrogen and oxygen atoms in total. The van der Waals surface area contributed by atoms with Gasteiger partial charge in [-0.1, -0.05) is 130 Å². The summed E-state index contributed by atoms with van der Waals surface area (Å²) in [6, 6.07) is 0. The molecule has 0 aliphatic carbocycles. The van der Waals surface area contributed by atoms with Crippen LogP contribution in [-0.4, -0.2) is 5.54 Å². The normalized spacial score (nSPS) is 12.2. The van der Waals surface area contributed by atoms with Crippen molar-refractivity contribution >= 4 is 0 Å². The van der Waals surface area contributed by atoms with Crippen molar-refractivity contribution in [3.05, 3.63) is 0 Å². The lowest BCUT2D eigenvalue weighted by Crippen LogP contribution is -2.47. The predicted octanol–water partition coefficient (Wildman–Crippen LogP) is 9.18. The zero-order chi connectivity index (χ0) is 20.2. The average Bonchev–Trinajstić information content (AvgIpc) is 2.67. The molecule has 164 valence electrons. The van der Waals surface area contributed by atoms with E-state index in [0.29, 0.717) is 0 Å². The average molecular weight is 382 g/mol. The SMILES string of the molecule is CCCCCCC(CCCCCC)C(N)(CCCCCC)CCCCCC. The number of hydrogen-bond acceptors (Lipinski definition) is 1. The van der Waals surface area contributed by atoms with Crippen molar-refractivity contribution in [1.82, 2.24) is 0 Å². The first-order valence-electron chi connectivity index (χ1n) is 12.9. The van der Waals surface area contributed by atoms with Crippen molar-refractivity contribution < 1.29 is 0 Å². The van der Waals surface area contributed by atoms with Gasteiger partial charge in [0.05, 0.1) is 0 Å². The van der Waals surface area contributed by atoms with Gasteiger partial charge in [0.15, 0.2) is 0 Å². The molecule has 0 aliphatic heterocycles. The Bertz CT molecular complexity index is 262. The molecule has 0 fully saturated rings. The van der Waals surface area contributed by atoms with Crippen molar-refractivity contribution in [2.75, 3.05) is 0 Å². The molecule has 0 atom stereocenters.